The molecule has 3 fully saturated rings. The van der Waals surface area contributed by atoms with Gasteiger partial charge < -0.3 is 4.74 Å². The Morgan fingerprint density at radius 3 is 2.72 bits per heavy atom. The Bertz CT molecular complexity index is 608. The van der Waals surface area contributed by atoms with Gasteiger partial charge in [-0.05, 0) is 73.7 Å². The van der Waals surface area contributed by atoms with Crippen molar-refractivity contribution in [3.8, 4) is 0 Å². The summed E-state index contributed by atoms with van der Waals surface area (Å²) >= 11 is 0. The number of fused-ring (bicyclic) bond motifs is 5. The van der Waals surface area contributed by atoms with Crippen molar-refractivity contribution in [3.05, 3.63) is 12.2 Å². The molecule has 0 saturated heterocycles. The fourth-order valence-electron chi connectivity index (χ4n) is 7.02. The molecule has 25 heavy (non-hydrogen) atoms. The third-order valence-electron chi connectivity index (χ3n) is 8.52. The van der Waals surface area contributed by atoms with Crippen LogP contribution in [0.2, 0.25) is 0 Å². The summed E-state index contributed by atoms with van der Waals surface area (Å²) in [5, 5.41) is 0. The Kier molecular flexibility index (Phi) is 4.12. The standard InChI is InChI=1S/C22H32O3/c1-4-20(24)25-19-8-7-17-16-6-5-14-13-15(23)9-11-21(14,2)18(16)10-12-22(17,19)3/h9,11,14,16-19H,4-8,10,12-13H2,1-3H3/t14-,16-,17-,18-,19-,21-,22-/m0/s1. The van der Waals surface area contributed by atoms with Crippen LogP contribution in [0.25, 0.3) is 0 Å². The topological polar surface area (TPSA) is 43.4 Å². The maximum atomic E-state index is 11.9. The van der Waals surface area contributed by atoms with Crippen LogP contribution in [0.15, 0.2) is 12.2 Å². The van der Waals surface area contributed by atoms with Gasteiger partial charge in [0.15, 0.2) is 5.78 Å². The Morgan fingerprint density at radius 2 is 1.96 bits per heavy atom. The molecular formula is C22H32O3. The lowest BCUT2D eigenvalue weighted by atomic mass is 9.46. The Labute approximate surface area is 151 Å². The van der Waals surface area contributed by atoms with Crippen molar-refractivity contribution in [2.75, 3.05) is 0 Å². The van der Waals surface area contributed by atoms with Crippen molar-refractivity contribution in [2.45, 2.75) is 78.2 Å². The van der Waals surface area contributed by atoms with E-state index in [-0.39, 0.29) is 22.9 Å². The highest BCUT2D eigenvalue weighted by molar-refractivity contribution is 5.91. The van der Waals surface area contributed by atoms with E-state index in [1.54, 1.807) is 0 Å². The molecule has 0 radical (unpaired) electrons. The number of rotatable bonds is 2. The molecule has 4 aliphatic rings. The largest absolute Gasteiger partial charge is 0.462 e. The van der Waals surface area contributed by atoms with Crippen molar-refractivity contribution >= 4 is 11.8 Å². The zero-order valence-corrected chi connectivity index (χ0v) is 15.9. The van der Waals surface area contributed by atoms with Gasteiger partial charge in [-0.25, -0.2) is 0 Å². The van der Waals surface area contributed by atoms with Crippen LogP contribution in [0.5, 0.6) is 0 Å². The van der Waals surface area contributed by atoms with E-state index in [9.17, 15) is 9.59 Å². The predicted molar refractivity (Wildman–Crippen MR) is 96.8 cm³/mol. The van der Waals surface area contributed by atoms with E-state index < -0.39 is 0 Å². The minimum absolute atomic E-state index is 0.0432. The first-order valence-corrected chi connectivity index (χ1v) is 10.3. The molecule has 0 aliphatic heterocycles. The molecule has 4 aliphatic carbocycles. The second-order valence-corrected chi connectivity index (χ2v) is 9.47. The van der Waals surface area contributed by atoms with E-state index in [2.05, 4.69) is 19.9 Å². The molecule has 0 N–H and O–H groups in total. The average Bonchev–Trinajstić information content (AvgIpc) is 2.92. The van der Waals surface area contributed by atoms with Gasteiger partial charge in [-0.1, -0.05) is 26.8 Å². The molecule has 0 heterocycles. The van der Waals surface area contributed by atoms with Crippen LogP contribution in [0.3, 0.4) is 0 Å². The van der Waals surface area contributed by atoms with Gasteiger partial charge in [0.25, 0.3) is 0 Å². The first kappa shape index (κ1) is 17.3. The van der Waals surface area contributed by atoms with Crippen molar-refractivity contribution < 1.29 is 14.3 Å². The van der Waals surface area contributed by atoms with Crippen LogP contribution in [0.1, 0.15) is 72.1 Å². The number of esters is 1. The number of allylic oxidation sites excluding steroid dienone is 2. The summed E-state index contributed by atoms with van der Waals surface area (Å²) in [5.74, 6) is 2.89. The summed E-state index contributed by atoms with van der Waals surface area (Å²) in [6, 6.07) is 0. The van der Waals surface area contributed by atoms with E-state index in [0.717, 1.165) is 25.2 Å². The van der Waals surface area contributed by atoms with Crippen LogP contribution in [0, 0.1) is 34.5 Å². The summed E-state index contributed by atoms with van der Waals surface area (Å²) < 4.78 is 5.86. The zero-order chi connectivity index (χ0) is 17.8. The van der Waals surface area contributed by atoms with E-state index in [1.165, 1.54) is 25.7 Å². The van der Waals surface area contributed by atoms with Crippen LogP contribution in [0.4, 0.5) is 0 Å². The summed E-state index contributed by atoms with van der Waals surface area (Å²) in [6.07, 6.45) is 12.5. The smallest absolute Gasteiger partial charge is 0.305 e. The molecule has 3 nitrogen and oxygen atoms in total. The second-order valence-electron chi connectivity index (χ2n) is 9.47. The Balaban J connectivity index is 1.59. The average molecular weight is 344 g/mol. The number of carbonyl (C=O) groups is 2. The second kappa shape index (κ2) is 5.96. The van der Waals surface area contributed by atoms with Crippen LogP contribution in [-0.2, 0) is 14.3 Å². The molecule has 0 amide bonds. The Hall–Kier alpha value is -1.12. The van der Waals surface area contributed by atoms with Gasteiger partial charge >= 0.3 is 5.97 Å². The third kappa shape index (κ3) is 2.52. The maximum Gasteiger partial charge on any atom is 0.305 e. The van der Waals surface area contributed by atoms with Gasteiger partial charge in [0.1, 0.15) is 6.10 Å². The normalized spacial score (nSPS) is 48.4. The molecule has 0 aromatic rings. The molecule has 4 rings (SSSR count). The lowest BCUT2D eigenvalue weighted by Gasteiger charge is -2.58. The summed E-state index contributed by atoms with van der Waals surface area (Å²) in [5.41, 5.74) is 0.347. The lowest BCUT2D eigenvalue weighted by molar-refractivity contribution is -0.160. The van der Waals surface area contributed by atoms with Crippen molar-refractivity contribution in [2.24, 2.45) is 34.5 Å². The monoisotopic (exact) mass is 344 g/mol. The van der Waals surface area contributed by atoms with E-state index in [1.807, 2.05) is 13.0 Å². The van der Waals surface area contributed by atoms with Gasteiger partial charge in [0.05, 0.1) is 0 Å². The van der Waals surface area contributed by atoms with Gasteiger partial charge in [-0.2, -0.15) is 0 Å². The van der Waals surface area contributed by atoms with Crippen molar-refractivity contribution in [3.63, 3.8) is 0 Å². The van der Waals surface area contributed by atoms with Crippen LogP contribution < -0.4 is 0 Å². The van der Waals surface area contributed by atoms with Crippen LogP contribution >= 0.6 is 0 Å². The Morgan fingerprint density at radius 1 is 1.16 bits per heavy atom. The van der Waals surface area contributed by atoms with E-state index >= 15 is 0 Å². The lowest BCUT2D eigenvalue weighted by Crippen LogP contribution is -2.53. The van der Waals surface area contributed by atoms with E-state index in [0.29, 0.717) is 30.0 Å². The van der Waals surface area contributed by atoms with Gasteiger partial charge in [0.2, 0.25) is 0 Å². The first-order valence-electron chi connectivity index (χ1n) is 10.3. The van der Waals surface area contributed by atoms with E-state index in [4.69, 9.17) is 4.74 Å². The summed E-state index contributed by atoms with van der Waals surface area (Å²) in [6.45, 7) is 6.67. The molecule has 0 unspecified atom stereocenters. The van der Waals surface area contributed by atoms with Gasteiger partial charge in [-0.3, -0.25) is 9.59 Å². The minimum Gasteiger partial charge on any atom is -0.462 e. The minimum atomic E-state index is -0.0432. The molecule has 3 saturated carbocycles. The number of ketones is 1. The number of hydrogen-bond acceptors (Lipinski definition) is 3. The zero-order valence-electron chi connectivity index (χ0n) is 15.9. The van der Waals surface area contributed by atoms with Crippen molar-refractivity contribution in [1.82, 2.24) is 0 Å². The molecule has 3 heteroatoms. The van der Waals surface area contributed by atoms with Crippen LogP contribution in [-0.4, -0.2) is 17.9 Å². The fraction of sp³-hybridized carbons (Fsp3) is 0.818. The number of ether oxygens (including phenoxy) is 1. The predicted octanol–water partition coefficient (Wildman–Crippen LogP) is 4.70. The van der Waals surface area contributed by atoms with Gasteiger partial charge in [0, 0.05) is 18.3 Å². The molecule has 138 valence electrons. The fourth-order valence-corrected chi connectivity index (χ4v) is 7.02. The third-order valence-corrected chi connectivity index (χ3v) is 8.52. The number of hydrogen-bond donors (Lipinski definition) is 0. The summed E-state index contributed by atoms with van der Waals surface area (Å²) in [7, 11) is 0. The molecule has 0 spiro atoms. The highest BCUT2D eigenvalue weighted by Crippen LogP contribution is 2.65. The molecule has 0 aromatic carbocycles. The maximum absolute atomic E-state index is 11.9. The number of carbonyl (C=O) groups excluding carboxylic acids is 2. The SMILES string of the molecule is CCC(=O)O[C@H]1CC[C@H]2[C@@H]3CC[C@H]4CC(=O)C=C[C@]4(C)[C@H]3CC[C@]12C. The molecular weight excluding hydrogens is 312 g/mol. The quantitative estimate of drug-likeness (QED) is 0.682. The summed E-state index contributed by atoms with van der Waals surface area (Å²) in [4.78, 5) is 23.8. The molecule has 7 atom stereocenters. The first-order chi connectivity index (χ1) is 11.9. The highest BCUT2D eigenvalue weighted by atomic mass is 16.5. The molecule has 0 bridgehead atoms. The highest BCUT2D eigenvalue weighted by Gasteiger charge is 2.60. The molecule has 0 aromatic heterocycles. The van der Waals surface area contributed by atoms with Gasteiger partial charge in [-0.15, -0.1) is 0 Å². The van der Waals surface area contributed by atoms with Crippen molar-refractivity contribution in [1.29, 1.82) is 0 Å².